The molecule has 1 aromatic heterocycles. The highest BCUT2D eigenvalue weighted by Crippen LogP contribution is 2.19. The summed E-state index contributed by atoms with van der Waals surface area (Å²) in [4.78, 5) is 12.8. The molecular formula is C21H32N4O3S. The minimum absolute atomic E-state index is 0.218. The van der Waals surface area contributed by atoms with Crippen LogP contribution >= 0.6 is 0 Å². The van der Waals surface area contributed by atoms with Gasteiger partial charge in [-0.3, -0.25) is 4.79 Å². The Hall–Kier alpha value is -2.19. The monoisotopic (exact) mass is 420 g/mol. The molecule has 8 heteroatoms. The van der Waals surface area contributed by atoms with E-state index >= 15 is 0 Å². The summed E-state index contributed by atoms with van der Waals surface area (Å²) in [6, 6.07) is 7.94. The van der Waals surface area contributed by atoms with Crippen LogP contribution in [0.4, 0.5) is 5.82 Å². The predicted molar refractivity (Wildman–Crippen MR) is 116 cm³/mol. The molecule has 0 radical (unpaired) electrons. The molecule has 0 atom stereocenters. The summed E-state index contributed by atoms with van der Waals surface area (Å²) in [6.07, 6.45) is 3.53. The third kappa shape index (κ3) is 5.90. The van der Waals surface area contributed by atoms with E-state index in [2.05, 4.69) is 10.4 Å². The van der Waals surface area contributed by atoms with Crippen molar-refractivity contribution >= 4 is 21.7 Å². The molecule has 29 heavy (non-hydrogen) atoms. The van der Waals surface area contributed by atoms with Crippen molar-refractivity contribution in [2.24, 2.45) is 0 Å². The molecule has 0 saturated carbocycles. The molecule has 1 aromatic carbocycles. The number of unbranched alkanes of at least 4 members (excludes halogenated alkanes) is 2. The maximum atomic E-state index is 13.0. The lowest BCUT2D eigenvalue weighted by molar-refractivity contribution is 0.102. The van der Waals surface area contributed by atoms with Crippen LogP contribution in [0.3, 0.4) is 0 Å². The van der Waals surface area contributed by atoms with Gasteiger partial charge in [-0.05, 0) is 51.0 Å². The lowest BCUT2D eigenvalue weighted by Gasteiger charge is -2.22. The first kappa shape index (κ1) is 23.1. The molecule has 1 amide bonds. The standard InChI is InChI=1S/C21H32N4O3S/c1-5-8-14-24(15-9-6-2)29(27,28)19-12-10-18(11-13-19)21(26)22-20-16-17(4)23-25(20)7-3/h10-13,16H,5-9,14-15H2,1-4H3,(H,22,26). The van der Waals surface area contributed by atoms with Crippen LogP contribution < -0.4 is 5.32 Å². The summed E-state index contributed by atoms with van der Waals surface area (Å²) in [6.45, 7) is 9.58. The Morgan fingerprint density at radius 2 is 1.66 bits per heavy atom. The number of aromatic nitrogens is 2. The van der Waals surface area contributed by atoms with Crippen LogP contribution in [0.1, 0.15) is 62.5 Å². The topological polar surface area (TPSA) is 84.3 Å². The lowest BCUT2D eigenvalue weighted by atomic mass is 10.2. The second kappa shape index (κ2) is 10.5. The summed E-state index contributed by atoms with van der Waals surface area (Å²) in [5.41, 5.74) is 1.22. The molecule has 2 rings (SSSR count). The van der Waals surface area contributed by atoms with Crippen molar-refractivity contribution in [3.63, 3.8) is 0 Å². The van der Waals surface area contributed by atoms with Gasteiger partial charge in [0.15, 0.2) is 0 Å². The van der Waals surface area contributed by atoms with E-state index in [1.807, 2.05) is 27.7 Å². The molecule has 0 saturated heterocycles. The predicted octanol–water partition coefficient (Wildman–Crippen LogP) is 4.05. The number of benzene rings is 1. The molecule has 7 nitrogen and oxygen atoms in total. The van der Waals surface area contributed by atoms with Gasteiger partial charge < -0.3 is 5.32 Å². The highest BCUT2D eigenvalue weighted by Gasteiger charge is 2.23. The molecule has 1 heterocycles. The number of hydrogen-bond acceptors (Lipinski definition) is 4. The first-order valence-electron chi connectivity index (χ1n) is 10.3. The number of carbonyl (C=O) groups is 1. The molecule has 0 aliphatic heterocycles. The lowest BCUT2D eigenvalue weighted by Crippen LogP contribution is -2.33. The number of carbonyl (C=O) groups excluding carboxylic acids is 1. The largest absolute Gasteiger partial charge is 0.307 e. The van der Waals surface area contributed by atoms with Gasteiger partial charge in [0.25, 0.3) is 5.91 Å². The molecule has 2 aromatic rings. The van der Waals surface area contributed by atoms with Crippen LogP contribution in [-0.4, -0.2) is 41.5 Å². The summed E-state index contributed by atoms with van der Waals surface area (Å²) >= 11 is 0. The van der Waals surface area contributed by atoms with E-state index in [9.17, 15) is 13.2 Å². The number of amides is 1. The number of anilines is 1. The Labute approximate surface area is 174 Å². The Morgan fingerprint density at radius 3 is 2.17 bits per heavy atom. The fourth-order valence-corrected chi connectivity index (χ4v) is 4.54. The van der Waals surface area contributed by atoms with Crippen molar-refractivity contribution in [1.82, 2.24) is 14.1 Å². The zero-order valence-electron chi connectivity index (χ0n) is 17.8. The van der Waals surface area contributed by atoms with Gasteiger partial charge in [0, 0.05) is 31.3 Å². The quantitative estimate of drug-likeness (QED) is 0.594. The van der Waals surface area contributed by atoms with Crippen molar-refractivity contribution in [3.8, 4) is 0 Å². The summed E-state index contributed by atoms with van der Waals surface area (Å²) < 4.78 is 29.3. The smallest absolute Gasteiger partial charge is 0.256 e. The van der Waals surface area contributed by atoms with Gasteiger partial charge in [-0.1, -0.05) is 26.7 Å². The SMILES string of the molecule is CCCCN(CCCC)S(=O)(=O)c1ccc(C(=O)Nc2cc(C)nn2CC)cc1. The van der Waals surface area contributed by atoms with Crippen LogP contribution in [-0.2, 0) is 16.6 Å². The third-order valence-electron chi connectivity index (χ3n) is 4.72. The van der Waals surface area contributed by atoms with Crippen molar-refractivity contribution in [2.75, 3.05) is 18.4 Å². The molecule has 0 fully saturated rings. The fraction of sp³-hybridized carbons (Fsp3) is 0.524. The molecule has 0 aliphatic carbocycles. The van der Waals surface area contributed by atoms with Crippen LogP contribution in [0.15, 0.2) is 35.2 Å². The number of sulfonamides is 1. The molecule has 0 unspecified atom stereocenters. The van der Waals surface area contributed by atoms with Crippen LogP contribution in [0.25, 0.3) is 0 Å². The molecule has 0 bridgehead atoms. The van der Waals surface area contributed by atoms with Crippen LogP contribution in [0.2, 0.25) is 0 Å². The van der Waals surface area contributed by atoms with E-state index in [-0.39, 0.29) is 10.8 Å². The van der Waals surface area contributed by atoms with Gasteiger partial charge in [-0.2, -0.15) is 9.40 Å². The first-order chi connectivity index (χ1) is 13.8. The van der Waals surface area contributed by atoms with E-state index < -0.39 is 10.0 Å². The molecule has 0 aliphatic rings. The fourth-order valence-electron chi connectivity index (χ4n) is 3.02. The summed E-state index contributed by atoms with van der Waals surface area (Å²) in [5, 5.41) is 7.14. The summed E-state index contributed by atoms with van der Waals surface area (Å²) in [7, 11) is -3.57. The van der Waals surface area contributed by atoms with Gasteiger partial charge in [0.05, 0.1) is 10.6 Å². The van der Waals surface area contributed by atoms with Gasteiger partial charge in [0.1, 0.15) is 5.82 Å². The normalized spacial score (nSPS) is 11.8. The molecule has 0 spiro atoms. The van der Waals surface area contributed by atoms with Gasteiger partial charge in [0.2, 0.25) is 10.0 Å². The number of hydrogen-bond donors (Lipinski definition) is 1. The second-order valence-electron chi connectivity index (χ2n) is 7.08. The Morgan fingerprint density at radius 1 is 1.07 bits per heavy atom. The Balaban J connectivity index is 2.17. The van der Waals surface area contributed by atoms with E-state index in [1.165, 1.54) is 12.1 Å². The number of rotatable bonds is 11. The van der Waals surface area contributed by atoms with Gasteiger partial charge in [-0.25, -0.2) is 13.1 Å². The first-order valence-corrected chi connectivity index (χ1v) is 11.7. The highest BCUT2D eigenvalue weighted by molar-refractivity contribution is 7.89. The molecular weight excluding hydrogens is 388 g/mol. The van der Waals surface area contributed by atoms with E-state index in [4.69, 9.17) is 0 Å². The van der Waals surface area contributed by atoms with E-state index in [0.717, 1.165) is 31.4 Å². The van der Waals surface area contributed by atoms with E-state index in [0.29, 0.717) is 31.0 Å². The maximum absolute atomic E-state index is 13.0. The van der Waals surface area contributed by atoms with Crippen LogP contribution in [0, 0.1) is 6.92 Å². The maximum Gasteiger partial charge on any atom is 0.256 e. The zero-order chi connectivity index (χ0) is 21.4. The third-order valence-corrected chi connectivity index (χ3v) is 6.63. The van der Waals surface area contributed by atoms with Crippen molar-refractivity contribution in [1.29, 1.82) is 0 Å². The minimum atomic E-state index is -3.57. The van der Waals surface area contributed by atoms with Crippen molar-refractivity contribution in [2.45, 2.75) is 64.8 Å². The Kier molecular flexibility index (Phi) is 8.40. The highest BCUT2D eigenvalue weighted by atomic mass is 32.2. The summed E-state index contributed by atoms with van der Waals surface area (Å²) in [5.74, 6) is 0.328. The average molecular weight is 421 g/mol. The van der Waals surface area contributed by atoms with E-state index in [1.54, 1.807) is 27.2 Å². The Bertz CT molecular complexity index is 897. The zero-order valence-corrected chi connectivity index (χ0v) is 18.6. The number of nitrogens with zero attached hydrogens (tertiary/aromatic N) is 3. The van der Waals surface area contributed by atoms with Gasteiger partial charge >= 0.3 is 0 Å². The average Bonchev–Trinajstić information content (AvgIpc) is 3.07. The number of aryl methyl sites for hydroxylation is 2. The number of nitrogens with one attached hydrogen (secondary N) is 1. The molecule has 1 N–H and O–H groups in total. The van der Waals surface area contributed by atoms with Crippen molar-refractivity contribution in [3.05, 3.63) is 41.6 Å². The second-order valence-corrected chi connectivity index (χ2v) is 9.01. The van der Waals surface area contributed by atoms with Crippen molar-refractivity contribution < 1.29 is 13.2 Å². The molecule has 160 valence electrons. The van der Waals surface area contributed by atoms with Gasteiger partial charge in [-0.15, -0.1) is 0 Å². The van der Waals surface area contributed by atoms with Crippen LogP contribution in [0.5, 0.6) is 0 Å². The minimum Gasteiger partial charge on any atom is -0.307 e.